The molecule has 0 aromatic heterocycles. The number of nitrogens with one attached hydrogen (secondary N) is 1. The van der Waals surface area contributed by atoms with Gasteiger partial charge in [0.15, 0.2) is 5.96 Å². The van der Waals surface area contributed by atoms with Crippen molar-refractivity contribution in [1.82, 2.24) is 15.1 Å². The molecule has 144 valence electrons. The zero-order valence-corrected chi connectivity index (χ0v) is 18.2. The number of nitrogens with zero attached hydrogens (tertiary/aromatic N) is 3. The first kappa shape index (κ1) is 21.0. The molecule has 1 aliphatic carbocycles. The summed E-state index contributed by atoms with van der Waals surface area (Å²) in [7, 11) is 0. The van der Waals surface area contributed by atoms with Crippen LogP contribution in [0.1, 0.15) is 43.7 Å². The van der Waals surface area contributed by atoms with Crippen molar-refractivity contribution in [3.8, 4) is 0 Å². The van der Waals surface area contributed by atoms with E-state index in [1.807, 2.05) is 4.90 Å². The minimum absolute atomic E-state index is 0. The van der Waals surface area contributed by atoms with Crippen LogP contribution in [0.4, 0.5) is 0 Å². The average molecular weight is 470 g/mol. The van der Waals surface area contributed by atoms with Crippen LogP contribution in [0.25, 0.3) is 0 Å². The molecule has 0 bridgehead atoms. The number of amides is 1. The highest BCUT2D eigenvalue weighted by atomic mass is 127. The number of piperazine rings is 1. The number of hydrogen-bond acceptors (Lipinski definition) is 2. The number of aryl methyl sites for hydroxylation is 1. The Morgan fingerprint density at radius 1 is 1.19 bits per heavy atom. The van der Waals surface area contributed by atoms with Crippen LogP contribution in [0.2, 0.25) is 0 Å². The van der Waals surface area contributed by atoms with E-state index >= 15 is 0 Å². The lowest BCUT2D eigenvalue weighted by atomic mass is 9.83. The van der Waals surface area contributed by atoms with Crippen LogP contribution in [-0.2, 0) is 11.2 Å². The maximum Gasteiger partial charge on any atom is 0.219 e. The standard InChI is InChI=1S/C20H30N4O.HI/c1-3-21-20(24-13-11-23(12-14-24)16(2)25)22-15-18-9-6-8-17-7-4-5-10-19(17)18;/h4-5,7,10,18H,3,6,8-9,11-15H2,1-2H3,(H,21,22);1H. The van der Waals surface area contributed by atoms with Crippen LogP contribution in [0, 0.1) is 0 Å². The van der Waals surface area contributed by atoms with Gasteiger partial charge in [0, 0.05) is 52.1 Å². The Labute approximate surface area is 174 Å². The first-order valence-corrected chi connectivity index (χ1v) is 9.55. The van der Waals surface area contributed by atoms with Crippen LogP contribution in [-0.4, -0.2) is 60.9 Å². The molecule has 1 atom stereocenters. The first-order valence-electron chi connectivity index (χ1n) is 9.55. The SMILES string of the molecule is CCNC(=NCC1CCCc2ccccc21)N1CCN(C(C)=O)CC1.I. The Morgan fingerprint density at radius 2 is 1.88 bits per heavy atom. The fourth-order valence-electron chi connectivity index (χ4n) is 3.90. The zero-order chi connectivity index (χ0) is 17.6. The summed E-state index contributed by atoms with van der Waals surface area (Å²) in [6, 6.07) is 8.82. The molecule has 0 spiro atoms. The van der Waals surface area contributed by atoms with Crippen molar-refractivity contribution >= 4 is 35.8 Å². The number of hydrogen-bond donors (Lipinski definition) is 1. The topological polar surface area (TPSA) is 47.9 Å². The van der Waals surface area contributed by atoms with Gasteiger partial charge in [0.05, 0.1) is 0 Å². The molecule has 1 fully saturated rings. The minimum atomic E-state index is 0. The van der Waals surface area contributed by atoms with E-state index in [1.165, 1.54) is 30.4 Å². The quantitative estimate of drug-likeness (QED) is 0.420. The molecule has 3 rings (SSSR count). The van der Waals surface area contributed by atoms with E-state index in [4.69, 9.17) is 4.99 Å². The molecule has 1 saturated heterocycles. The van der Waals surface area contributed by atoms with Crippen molar-refractivity contribution < 1.29 is 4.79 Å². The second kappa shape index (κ2) is 10.1. The van der Waals surface area contributed by atoms with E-state index in [9.17, 15) is 4.79 Å². The van der Waals surface area contributed by atoms with Crippen molar-refractivity contribution in [3.05, 3.63) is 35.4 Å². The number of halogens is 1. The fourth-order valence-corrected chi connectivity index (χ4v) is 3.90. The van der Waals surface area contributed by atoms with Gasteiger partial charge < -0.3 is 15.1 Å². The van der Waals surface area contributed by atoms with Gasteiger partial charge in [-0.05, 0) is 37.3 Å². The third-order valence-electron chi connectivity index (χ3n) is 5.31. The number of rotatable bonds is 3. The number of fused-ring (bicyclic) bond motifs is 1. The maximum atomic E-state index is 11.5. The van der Waals surface area contributed by atoms with E-state index in [-0.39, 0.29) is 29.9 Å². The molecule has 0 saturated carbocycles. The normalized spacial score (nSPS) is 20.2. The molecule has 1 aromatic rings. The number of guanidine groups is 1. The lowest BCUT2D eigenvalue weighted by Gasteiger charge is -2.36. The molecule has 0 radical (unpaired) electrons. The molecular formula is C20H31IN4O. The molecule has 2 aliphatic rings. The highest BCUT2D eigenvalue weighted by Gasteiger charge is 2.23. The van der Waals surface area contributed by atoms with Gasteiger partial charge in [0.2, 0.25) is 5.91 Å². The van der Waals surface area contributed by atoms with Crippen LogP contribution in [0.5, 0.6) is 0 Å². The molecule has 1 aliphatic heterocycles. The smallest absolute Gasteiger partial charge is 0.219 e. The lowest BCUT2D eigenvalue weighted by Crippen LogP contribution is -2.53. The van der Waals surface area contributed by atoms with Gasteiger partial charge in [-0.25, -0.2) is 0 Å². The zero-order valence-electron chi connectivity index (χ0n) is 15.9. The first-order chi connectivity index (χ1) is 12.2. The van der Waals surface area contributed by atoms with Gasteiger partial charge in [0.25, 0.3) is 0 Å². The van der Waals surface area contributed by atoms with Gasteiger partial charge in [-0.1, -0.05) is 24.3 Å². The van der Waals surface area contributed by atoms with Crippen LogP contribution in [0.15, 0.2) is 29.3 Å². The second-order valence-corrected chi connectivity index (χ2v) is 6.98. The third kappa shape index (κ3) is 5.11. The predicted molar refractivity (Wildman–Crippen MR) is 117 cm³/mol. The highest BCUT2D eigenvalue weighted by Crippen LogP contribution is 2.31. The van der Waals surface area contributed by atoms with E-state index in [0.29, 0.717) is 5.92 Å². The maximum absolute atomic E-state index is 11.5. The fraction of sp³-hybridized carbons (Fsp3) is 0.600. The summed E-state index contributed by atoms with van der Waals surface area (Å²) in [6.45, 7) is 8.74. The van der Waals surface area contributed by atoms with Crippen molar-refractivity contribution in [2.45, 2.75) is 39.0 Å². The number of carbonyl (C=O) groups excluding carboxylic acids is 1. The van der Waals surface area contributed by atoms with E-state index in [1.54, 1.807) is 6.92 Å². The predicted octanol–water partition coefficient (Wildman–Crippen LogP) is 2.85. The van der Waals surface area contributed by atoms with Gasteiger partial charge in [0.1, 0.15) is 0 Å². The van der Waals surface area contributed by atoms with Crippen molar-refractivity contribution in [2.75, 3.05) is 39.3 Å². The van der Waals surface area contributed by atoms with Crippen LogP contribution < -0.4 is 5.32 Å². The Balaban J connectivity index is 0.00000243. The van der Waals surface area contributed by atoms with Crippen LogP contribution >= 0.6 is 24.0 Å². The van der Waals surface area contributed by atoms with Crippen molar-refractivity contribution in [2.24, 2.45) is 4.99 Å². The van der Waals surface area contributed by atoms with E-state index < -0.39 is 0 Å². The van der Waals surface area contributed by atoms with E-state index in [0.717, 1.165) is 45.2 Å². The number of carbonyl (C=O) groups is 1. The Bertz CT molecular complexity index is 626. The number of aliphatic imine (C=N–C) groups is 1. The third-order valence-corrected chi connectivity index (χ3v) is 5.31. The monoisotopic (exact) mass is 470 g/mol. The minimum Gasteiger partial charge on any atom is -0.357 e. The molecule has 26 heavy (non-hydrogen) atoms. The molecule has 1 amide bonds. The number of benzene rings is 1. The molecular weight excluding hydrogens is 439 g/mol. The van der Waals surface area contributed by atoms with E-state index in [2.05, 4.69) is 41.4 Å². The summed E-state index contributed by atoms with van der Waals surface area (Å²) in [5.41, 5.74) is 2.98. The largest absolute Gasteiger partial charge is 0.357 e. The molecule has 1 heterocycles. The molecule has 1 N–H and O–H groups in total. The summed E-state index contributed by atoms with van der Waals surface area (Å²) in [5.74, 6) is 1.69. The van der Waals surface area contributed by atoms with Gasteiger partial charge in [-0.15, -0.1) is 24.0 Å². The summed E-state index contributed by atoms with van der Waals surface area (Å²) in [4.78, 5) is 20.7. The average Bonchev–Trinajstić information content (AvgIpc) is 2.65. The van der Waals surface area contributed by atoms with Crippen LogP contribution in [0.3, 0.4) is 0 Å². The van der Waals surface area contributed by atoms with Gasteiger partial charge >= 0.3 is 0 Å². The van der Waals surface area contributed by atoms with Crippen molar-refractivity contribution in [3.63, 3.8) is 0 Å². The molecule has 1 aromatic carbocycles. The summed E-state index contributed by atoms with van der Waals surface area (Å²) < 4.78 is 0. The van der Waals surface area contributed by atoms with Gasteiger partial charge in [-0.3, -0.25) is 9.79 Å². The molecule has 1 unspecified atom stereocenters. The van der Waals surface area contributed by atoms with Gasteiger partial charge in [-0.2, -0.15) is 0 Å². The molecule has 5 nitrogen and oxygen atoms in total. The lowest BCUT2D eigenvalue weighted by molar-refractivity contribution is -0.130. The summed E-state index contributed by atoms with van der Waals surface area (Å²) in [5, 5.41) is 3.43. The Kier molecular flexibility index (Phi) is 8.18. The highest BCUT2D eigenvalue weighted by molar-refractivity contribution is 14.0. The summed E-state index contributed by atoms with van der Waals surface area (Å²) in [6.07, 6.45) is 3.67. The molecule has 6 heteroatoms. The Hall–Kier alpha value is -1.31. The van der Waals surface area contributed by atoms with Crippen molar-refractivity contribution in [1.29, 1.82) is 0 Å². The second-order valence-electron chi connectivity index (χ2n) is 6.98. The summed E-state index contributed by atoms with van der Waals surface area (Å²) >= 11 is 0. The Morgan fingerprint density at radius 3 is 2.58 bits per heavy atom.